The van der Waals surface area contributed by atoms with E-state index in [1.807, 2.05) is 0 Å². The number of carbonyl (C=O) groups excluding carboxylic acids is 2. The topological polar surface area (TPSA) is 80.7 Å². The Morgan fingerprint density at radius 3 is 2.66 bits per heavy atom. The van der Waals surface area contributed by atoms with Crippen molar-refractivity contribution >= 4 is 17.5 Å². The molecule has 2 aliphatic rings. The van der Waals surface area contributed by atoms with E-state index in [0.29, 0.717) is 22.8 Å². The third-order valence-corrected chi connectivity index (χ3v) is 6.38. The van der Waals surface area contributed by atoms with Crippen LogP contribution in [0.4, 0.5) is 8.78 Å². The molecule has 0 radical (unpaired) electrons. The number of hydrogen-bond acceptors (Lipinski definition) is 6. The number of rotatable bonds is 8. The minimum atomic E-state index is -0.569. The number of benzene rings is 3. The molecule has 2 aliphatic heterocycles. The summed E-state index contributed by atoms with van der Waals surface area (Å²) in [4.78, 5) is 28.1. The zero-order valence-corrected chi connectivity index (χ0v) is 20.6. The van der Waals surface area contributed by atoms with Gasteiger partial charge in [-0.25, -0.2) is 13.8 Å². The quantitative estimate of drug-likeness (QED) is 0.445. The number of nitrogens with zero attached hydrogens (tertiary/aromatic N) is 3. The van der Waals surface area contributed by atoms with Gasteiger partial charge in [-0.15, -0.1) is 0 Å². The van der Waals surface area contributed by atoms with Gasteiger partial charge in [0.1, 0.15) is 18.2 Å². The zero-order chi connectivity index (χ0) is 26.6. The van der Waals surface area contributed by atoms with Crippen molar-refractivity contribution in [1.29, 1.82) is 0 Å². The number of hydrogen-bond donors (Lipinski definition) is 0. The van der Waals surface area contributed by atoms with Crippen molar-refractivity contribution in [1.82, 2.24) is 9.91 Å². The standard InChI is InChI=1S/C28H25F2N3O5/c1-36-12-11-32(28(35)19-5-4-6-20(29)13-19)16-27(34)33-24(18-9-10-25-26(14-18)38-17-37-25)15-23(31-33)21-7-2-3-8-22(21)30/h2-10,13-14,24H,11-12,15-17H2,1H3/t24-/m0/s1. The highest BCUT2D eigenvalue weighted by molar-refractivity contribution is 6.04. The molecule has 5 rings (SSSR count). The Bertz CT molecular complexity index is 1400. The molecule has 0 aromatic heterocycles. The lowest BCUT2D eigenvalue weighted by atomic mass is 9.97. The van der Waals surface area contributed by atoms with Crippen LogP contribution in [0.15, 0.2) is 71.8 Å². The Morgan fingerprint density at radius 2 is 1.87 bits per heavy atom. The van der Waals surface area contributed by atoms with Crippen molar-refractivity contribution in [3.8, 4) is 11.5 Å². The van der Waals surface area contributed by atoms with Crippen LogP contribution in [0.2, 0.25) is 0 Å². The van der Waals surface area contributed by atoms with E-state index in [1.165, 1.54) is 41.3 Å². The van der Waals surface area contributed by atoms with Gasteiger partial charge in [0, 0.05) is 31.2 Å². The monoisotopic (exact) mass is 521 g/mol. The maximum atomic E-state index is 14.6. The first-order valence-electron chi connectivity index (χ1n) is 12.0. The van der Waals surface area contributed by atoms with E-state index >= 15 is 0 Å². The first-order chi connectivity index (χ1) is 18.4. The van der Waals surface area contributed by atoms with Crippen LogP contribution in [0.25, 0.3) is 0 Å². The highest BCUT2D eigenvalue weighted by Crippen LogP contribution is 2.39. The third-order valence-electron chi connectivity index (χ3n) is 6.38. The molecule has 0 aliphatic carbocycles. The molecule has 0 fully saturated rings. The molecule has 196 valence electrons. The number of hydrazone groups is 1. The molecule has 3 aromatic rings. The molecule has 0 bridgehead atoms. The first-order valence-corrected chi connectivity index (χ1v) is 12.0. The van der Waals surface area contributed by atoms with Crippen molar-refractivity contribution in [2.24, 2.45) is 5.10 Å². The second-order valence-electron chi connectivity index (χ2n) is 8.83. The molecule has 8 nitrogen and oxygen atoms in total. The van der Waals surface area contributed by atoms with Crippen LogP contribution in [0, 0.1) is 11.6 Å². The third kappa shape index (κ3) is 5.21. The van der Waals surface area contributed by atoms with Gasteiger partial charge in [-0.05, 0) is 42.0 Å². The van der Waals surface area contributed by atoms with Crippen LogP contribution in [-0.4, -0.2) is 61.0 Å². The van der Waals surface area contributed by atoms with Gasteiger partial charge in [0.2, 0.25) is 6.79 Å². The SMILES string of the molecule is COCCN(CC(=O)N1N=C(c2ccccc2F)C[C@H]1c1ccc2c(c1)OCO2)C(=O)c1cccc(F)c1. The zero-order valence-electron chi connectivity index (χ0n) is 20.6. The maximum absolute atomic E-state index is 14.6. The predicted molar refractivity (Wildman–Crippen MR) is 134 cm³/mol. The summed E-state index contributed by atoms with van der Waals surface area (Å²) in [5.41, 5.74) is 1.52. The van der Waals surface area contributed by atoms with Gasteiger partial charge < -0.3 is 19.1 Å². The number of amides is 2. The smallest absolute Gasteiger partial charge is 0.262 e. The molecular formula is C28H25F2N3O5. The maximum Gasteiger partial charge on any atom is 0.262 e. The lowest BCUT2D eigenvalue weighted by Gasteiger charge is -2.27. The molecule has 10 heteroatoms. The Labute approximate surface area is 218 Å². The van der Waals surface area contributed by atoms with Crippen LogP contribution >= 0.6 is 0 Å². The average molecular weight is 522 g/mol. The summed E-state index contributed by atoms with van der Waals surface area (Å²) >= 11 is 0. The molecule has 0 saturated heterocycles. The number of ether oxygens (including phenoxy) is 3. The molecule has 0 unspecified atom stereocenters. The van der Waals surface area contributed by atoms with Crippen molar-refractivity contribution in [2.45, 2.75) is 12.5 Å². The van der Waals surface area contributed by atoms with E-state index in [4.69, 9.17) is 14.2 Å². The van der Waals surface area contributed by atoms with E-state index in [9.17, 15) is 18.4 Å². The minimum Gasteiger partial charge on any atom is -0.454 e. The van der Waals surface area contributed by atoms with Crippen LogP contribution in [-0.2, 0) is 9.53 Å². The van der Waals surface area contributed by atoms with E-state index in [0.717, 1.165) is 11.6 Å². The van der Waals surface area contributed by atoms with Crippen molar-refractivity contribution in [3.63, 3.8) is 0 Å². The fraction of sp³-hybridized carbons (Fsp3) is 0.250. The molecule has 1 atom stereocenters. The summed E-state index contributed by atoms with van der Waals surface area (Å²) in [7, 11) is 1.48. The van der Waals surface area contributed by atoms with Gasteiger partial charge in [0.15, 0.2) is 11.5 Å². The molecule has 2 amide bonds. The van der Waals surface area contributed by atoms with Crippen LogP contribution < -0.4 is 9.47 Å². The number of halogens is 2. The summed E-state index contributed by atoms with van der Waals surface area (Å²) in [5, 5.41) is 5.78. The Balaban J connectivity index is 1.46. The van der Waals surface area contributed by atoms with Crippen molar-refractivity contribution < 1.29 is 32.6 Å². The predicted octanol–water partition coefficient (Wildman–Crippen LogP) is 4.16. The lowest BCUT2D eigenvalue weighted by molar-refractivity contribution is -0.133. The van der Waals surface area contributed by atoms with Crippen molar-refractivity contribution in [3.05, 3.63) is 95.1 Å². The van der Waals surface area contributed by atoms with Crippen LogP contribution in [0.5, 0.6) is 11.5 Å². The molecule has 2 heterocycles. The number of fused-ring (bicyclic) bond motifs is 1. The first kappa shape index (κ1) is 25.3. The fourth-order valence-corrected chi connectivity index (χ4v) is 4.47. The van der Waals surface area contributed by atoms with E-state index in [-0.39, 0.29) is 38.5 Å². The minimum absolute atomic E-state index is 0.0970. The number of methoxy groups -OCH3 is 1. The highest BCUT2D eigenvalue weighted by Gasteiger charge is 2.36. The average Bonchev–Trinajstić information content (AvgIpc) is 3.58. The van der Waals surface area contributed by atoms with E-state index in [1.54, 1.807) is 36.4 Å². The molecule has 38 heavy (non-hydrogen) atoms. The van der Waals surface area contributed by atoms with Crippen LogP contribution in [0.1, 0.15) is 33.9 Å². The fourth-order valence-electron chi connectivity index (χ4n) is 4.47. The van der Waals surface area contributed by atoms with Crippen LogP contribution in [0.3, 0.4) is 0 Å². The van der Waals surface area contributed by atoms with E-state index < -0.39 is 29.5 Å². The summed E-state index contributed by atoms with van der Waals surface area (Å²) in [6.45, 7) is 0.0290. The Kier molecular flexibility index (Phi) is 7.32. The summed E-state index contributed by atoms with van der Waals surface area (Å²) in [6.07, 6.45) is 0.252. The van der Waals surface area contributed by atoms with Gasteiger partial charge in [-0.3, -0.25) is 9.59 Å². The van der Waals surface area contributed by atoms with Gasteiger partial charge in [-0.2, -0.15) is 5.10 Å². The molecule has 0 spiro atoms. The molecule has 0 saturated carbocycles. The van der Waals surface area contributed by atoms with Gasteiger partial charge in [-0.1, -0.05) is 30.3 Å². The second-order valence-corrected chi connectivity index (χ2v) is 8.83. The van der Waals surface area contributed by atoms with Gasteiger partial charge >= 0.3 is 0 Å². The summed E-state index contributed by atoms with van der Waals surface area (Å²) in [5.74, 6) is -0.890. The second kappa shape index (κ2) is 11.0. The normalized spacial score (nSPS) is 15.9. The van der Waals surface area contributed by atoms with Gasteiger partial charge in [0.05, 0.1) is 18.4 Å². The number of carbonyl (C=O) groups is 2. The Hall–Kier alpha value is -4.31. The highest BCUT2D eigenvalue weighted by atomic mass is 19.1. The van der Waals surface area contributed by atoms with Gasteiger partial charge in [0.25, 0.3) is 11.8 Å². The Morgan fingerprint density at radius 1 is 1.05 bits per heavy atom. The van der Waals surface area contributed by atoms with E-state index in [2.05, 4.69) is 5.10 Å². The lowest BCUT2D eigenvalue weighted by Crippen LogP contribution is -2.42. The largest absolute Gasteiger partial charge is 0.454 e. The summed E-state index contributed by atoms with van der Waals surface area (Å²) < 4.78 is 44.4. The molecule has 3 aromatic carbocycles. The summed E-state index contributed by atoms with van der Waals surface area (Å²) in [6, 6.07) is 16.2. The van der Waals surface area contributed by atoms with Crippen molar-refractivity contribution in [2.75, 3.05) is 33.6 Å². The molecular weight excluding hydrogens is 496 g/mol. The molecule has 0 N–H and O–H groups in total.